The second kappa shape index (κ2) is 6.10. The molecule has 0 spiro atoms. The van der Waals surface area contributed by atoms with Gasteiger partial charge >= 0.3 is 0 Å². The highest BCUT2D eigenvalue weighted by molar-refractivity contribution is 8.13. The Morgan fingerprint density at radius 1 is 1.58 bits per heavy atom. The minimum Gasteiger partial charge on any atom is -0.308 e. The van der Waals surface area contributed by atoms with Crippen molar-refractivity contribution in [3.63, 3.8) is 0 Å². The normalized spacial score (nSPS) is 12.1. The number of rotatable bonds is 2. The van der Waals surface area contributed by atoms with Crippen LogP contribution in [0, 0.1) is 17.8 Å². The van der Waals surface area contributed by atoms with Gasteiger partial charge in [0.05, 0.1) is 0 Å². The molecular formula is C9H15NOS. The molecule has 1 atom stereocenters. The quantitative estimate of drug-likeness (QED) is 0.600. The first-order chi connectivity index (χ1) is 5.56. The summed E-state index contributed by atoms with van der Waals surface area (Å²) in [5, 5.41) is -0.0550. The monoisotopic (exact) mass is 185 g/mol. The second-order valence-corrected chi connectivity index (χ2v) is 3.70. The Morgan fingerprint density at radius 2 is 2.17 bits per heavy atom. The number of hydrogen-bond donors (Lipinski definition) is 0. The molecular weight excluding hydrogens is 170 g/mol. The van der Waals surface area contributed by atoms with Crippen LogP contribution in [0.5, 0.6) is 0 Å². The number of nitrogens with zero attached hydrogens (tertiary/aromatic N) is 1. The van der Waals surface area contributed by atoms with Crippen molar-refractivity contribution in [3.05, 3.63) is 0 Å². The molecule has 0 aliphatic carbocycles. The van der Waals surface area contributed by atoms with Crippen LogP contribution < -0.4 is 0 Å². The Bertz CT molecular complexity index is 202. The van der Waals surface area contributed by atoms with E-state index in [1.807, 2.05) is 21.0 Å². The predicted octanol–water partition coefficient (Wildman–Crippen LogP) is 1.08. The van der Waals surface area contributed by atoms with Gasteiger partial charge in [-0.2, -0.15) is 0 Å². The molecule has 2 nitrogen and oxygen atoms in total. The first-order valence-corrected chi connectivity index (χ1v) is 5.03. The molecule has 0 rings (SSSR count). The first-order valence-electron chi connectivity index (χ1n) is 3.80. The Morgan fingerprint density at radius 3 is 2.58 bits per heavy atom. The van der Waals surface area contributed by atoms with Crippen molar-refractivity contribution in [2.24, 2.45) is 5.92 Å². The van der Waals surface area contributed by atoms with E-state index in [-0.39, 0.29) is 11.0 Å². The smallest absolute Gasteiger partial charge is 0.262 e. The van der Waals surface area contributed by atoms with Crippen LogP contribution in [0.2, 0.25) is 0 Å². The SMILES string of the molecule is CSC(=O)C#CC(C)CN(C)C. The lowest BCUT2D eigenvalue weighted by Gasteiger charge is -2.10. The summed E-state index contributed by atoms with van der Waals surface area (Å²) >= 11 is 1.16. The van der Waals surface area contributed by atoms with Crippen molar-refractivity contribution in [1.29, 1.82) is 0 Å². The fourth-order valence-corrected chi connectivity index (χ4v) is 0.988. The maximum atomic E-state index is 10.8. The van der Waals surface area contributed by atoms with Crippen LogP contribution in [0.3, 0.4) is 0 Å². The average molecular weight is 185 g/mol. The summed E-state index contributed by atoms with van der Waals surface area (Å²) < 4.78 is 0. The third-order valence-corrected chi connectivity index (χ3v) is 1.72. The zero-order chi connectivity index (χ0) is 9.56. The van der Waals surface area contributed by atoms with Gasteiger partial charge in [0.25, 0.3) is 5.12 Å². The lowest BCUT2D eigenvalue weighted by atomic mass is 10.2. The second-order valence-electron chi connectivity index (χ2n) is 2.92. The topological polar surface area (TPSA) is 20.3 Å². The van der Waals surface area contributed by atoms with E-state index in [2.05, 4.69) is 16.7 Å². The van der Waals surface area contributed by atoms with Crippen LogP contribution in [0.1, 0.15) is 6.92 Å². The predicted molar refractivity (Wildman–Crippen MR) is 54.0 cm³/mol. The molecule has 1 unspecified atom stereocenters. The van der Waals surface area contributed by atoms with Gasteiger partial charge < -0.3 is 4.90 Å². The summed E-state index contributed by atoms with van der Waals surface area (Å²) in [4.78, 5) is 12.8. The molecule has 0 N–H and O–H groups in total. The van der Waals surface area contributed by atoms with Gasteiger partial charge in [0, 0.05) is 12.5 Å². The van der Waals surface area contributed by atoms with E-state index < -0.39 is 0 Å². The van der Waals surface area contributed by atoms with Crippen LogP contribution in [-0.2, 0) is 4.79 Å². The standard InChI is InChI=1S/C9H15NOS/c1-8(7-10(2)3)5-6-9(11)12-4/h8H,7H2,1-4H3. The maximum absolute atomic E-state index is 10.8. The van der Waals surface area contributed by atoms with E-state index >= 15 is 0 Å². The number of thioether (sulfide) groups is 1. The van der Waals surface area contributed by atoms with Crippen LogP contribution >= 0.6 is 11.8 Å². The zero-order valence-electron chi connectivity index (χ0n) is 8.05. The molecule has 0 aromatic carbocycles. The molecule has 0 saturated heterocycles. The number of carbonyl (C=O) groups excluding carboxylic acids is 1. The Hall–Kier alpha value is -0.460. The van der Waals surface area contributed by atoms with Gasteiger partial charge in [-0.1, -0.05) is 24.6 Å². The van der Waals surface area contributed by atoms with Gasteiger partial charge in [0.1, 0.15) is 0 Å². The number of hydrogen-bond acceptors (Lipinski definition) is 3. The lowest BCUT2D eigenvalue weighted by Crippen LogP contribution is -2.18. The maximum Gasteiger partial charge on any atom is 0.262 e. The summed E-state index contributed by atoms with van der Waals surface area (Å²) in [7, 11) is 3.99. The molecule has 0 bridgehead atoms. The van der Waals surface area contributed by atoms with Gasteiger partial charge in [-0.05, 0) is 26.3 Å². The molecule has 0 amide bonds. The van der Waals surface area contributed by atoms with Crippen LogP contribution in [0.4, 0.5) is 0 Å². The highest BCUT2D eigenvalue weighted by Gasteiger charge is 1.98. The van der Waals surface area contributed by atoms with Crippen LogP contribution in [-0.4, -0.2) is 36.9 Å². The minimum absolute atomic E-state index is 0.0550. The average Bonchev–Trinajstić information content (AvgIpc) is 1.99. The summed E-state index contributed by atoms with van der Waals surface area (Å²) in [6, 6.07) is 0. The Kier molecular flexibility index (Phi) is 5.87. The molecule has 0 heterocycles. The molecule has 0 saturated carbocycles. The van der Waals surface area contributed by atoms with E-state index in [0.717, 1.165) is 18.3 Å². The van der Waals surface area contributed by atoms with E-state index in [4.69, 9.17) is 0 Å². The minimum atomic E-state index is -0.0550. The molecule has 0 aliphatic rings. The molecule has 0 aromatic rings. The van der Waals surface area contributed by atoms with E-state index in [0.29, 0.717) is 0 Å². The largest absolute Gasteiger partial charge is 0.308 e. The summed E-state index contributed by atoms with van der Waals surface area (Å²) in [5.74, 6) is 5.75. The van der Waals surface area contributed by atoms with Crippen molar-refractivity contribution < 1.29 is 4.79 Å². The molecule has 3 heteroatoms. The first kappa shape index (κ1) is 11.5. The number of carbonyl (C=O) groups is 1. The van der Waals surface area contributed by atoms with Crippen LogP contribution in [0.15, 0.2) is 0 Å². The summed E-state index contributed by atoms with van der Waals surface area (Å²) in [6.45, 7) is 2.91. The van der Waals surface area contributed by atoms with E-state index in [1.54, 1.807) is 6.26 Å². The van der Waals surface area contributed by atoms with Crippen molar-refractivity contribution in [2.75, 3.05) is 26.9 Å². The Balaban J connectivity index is 3.86. The molecule has 0 aromatic heterocycles. The summed E-state index contributed by atoms with van der Waals surface area (Å²) in [5.41, 5.74) is 0. The van der Waals surface area contributed by atoms with E-state index in [9.17, 15) is 4.79 Å². The molecule has 0 fully saturated rings. The van der Waals surface area contributed by atoms with Crippen molar-refractivity contribution in [2.45, 2.75) is 6.92 Å². The molecule has 12 heavy (non-hydrogen) atoms. The third kappa shape index (κ3) is 6.26. The van der Waals surface area contributed by atoms with E-state index in [1.165, 1.54) is 0 Å². The van der Waals surface area contributed by atoms with Crippen molar-refractivity contribution in [1.82, 2.24) is 4.90 Å². The Labute approximate surface area is 78.7 Å². The fraction of sp³-hybridized carbons (Fsp3) is 0.667. The molecule has 0 radical (unpaired) electrons. The van der Waals surface area contributed by atoms with Gasteiger partial charge in [-0.25, -0.2) is 0 Å². The highest BCUT2D eigenvalue weighted by Crippen LogP contribution is 1.96. The molecule has 68 valence electrons. The molecule has 0 aliphatic heterocycles. The lowest BCUT2D eigenvalue weighted by molar-refractivity contribution is -0.106. The van der Waals surface area contributed by atoms with Crippen molar-refractivity contribution >= 4 is 16.9 Å². The van der Waals surface area contributed by atoms with Gasteiger partial charge in [-0.15, -0.1) is 0 Å². The van der Waals surface area contributed by atoms with Crippen molar-refractivity contribution in [3.8, 4) is 11.8 Å². The summed E-state index contributed by atoms with van der Waals surface area (Å²) in [6.07, 6.45) is 1.74. The third-order valence-electron chi connectivity index (χ3n) is 1.25. The van der Waals surface area contributed by atoms with Gasteiger partial charge in [0.15, 0.2) is 0 Å². The van der Waals surface area contributed by atoms with Gasteiger partial charge in [-0.3, -0.25) is 4.79 Å². The van der Waals surface area contributed by atoms with Gasteiger partial charge in [0.2, 0.25) is 0 Å². The zero-order valence-corrected chi connectivity index (χ0v) is 8.86. The van der Waals surface area contributed by atoms with Crippen LogP contribution in [0.25, 0.3) is 0 Å². The fourth-order valence-electron chi connectivity index (χ4n) is 0.827. The highest BCUT2D eigenvalue weighted by atomic mass is 32.2.